The van der Waals surface area contributed by atoms with Gasteiger partial charge in [-0.05, 0) is 24.1 Å². The smallest absolute Gasteiger partial charge is 0.410 e. The van der Waals surface area contributed by atoms with Crippen LogP contribution < -0.4 is 0 Å². The number of hydrogen-bond donors (Lipinski definition) is 0. The molecule has 6 heteroatoms. The van der Waals surface area contributed by atoms with Crippen molar-refractivity contribution in [2.45, 2.75) is 18.9 Å². The number of cyclic esters (lactones) is 1. The average Bonchev–Trinajstić information content (AvgIpc) is 3.00. The molecule has 2 aromatic rings. The van der Waals surface area contributed by atoms with Crippen molar-refractivity contribution in [3.05, 3.63) is 70.2 Å². The summed E-state index contributed by atoms with van der Waals surface area (Å²) in [6.07, 6.45) is 0.344. The molecule has 0 saturated carbocycles. The Balaban J connectivity index is 1.63. The lowest BCUT2D eigenvalue weighted by Gasteiger charge is -2.44. The van der Waals surface area contributed by atoms with Crippen LogP contribution in [0.4, 0.5) is 4.79 Å². The van der Waals surface area contributed by atoms with E-state index in [0.29, 0.717) is 36.6 Å². The van der Waals surface area contributed by atoms with Gasteiger partial charge >= 0.3 is 6.09 Å². The van der Waals surface area contributed by atoms with Gasteiger partial charge in [-0.2, -0.15) is 0 Å². The second-order valence-electron chi connectivity index (χ2n) is 7.26. The molecule has 0 spiro atoms. The zero-order valence-electron chi connectivity index (χ0n) is 15.2. The second kappa shape index (κ2) is 6.89. The number of piperazine rings is 1. The van der Waals surface area contributed by atoms with E-state index in [0.717, 1.165) is 11.1 Å². The van der Waals surface area contributed by atoms with Crippen molar-refractivity contribution < 1.29 is 14.3 Å². The molecule has 2 fully saturated rings. The largest absolute Gasteiger partial charge is 0.447 e. The number of rotatable bonds is 3. The minimum Gasteiger partial charge on any atom is -0.447 e. The molecule has 2 aliphatic rings. The van der Waals surface area contributed by atoms with Gasteiger partial charge in [0.15, 0.2) is 0 Å². The van der Waals surface area contributed by atoms with Crippen LogP contribution in [-0.4, -0.2) is 53.6 Å². The predicted octanol–water partition coefficient (Wildman–Crippen LogP) is 3.54. The number of carbonyl (C=O) groups is 2. The van der Waals surface area contributed by atoms with E-state index in [1.54, 1.807) is 15.9 Å². The number of amides is 2. The van der Waals surface area contributed by atoms with Crippen molar-refractivity contribution in [3.8, 4) is 0 Å². The van der Waals surface area contributed by atoms with Crippen LogP contribution in [0, 0.1) is 6.92 Å². The topological polar surface area (TPSA) is 49.9 Å². The van der Waals surface area contributed by atoms with Crippen LogP contribution in [0.1, 0.15) is 21.5 Å². The van der Waals surface area contributed by atoms with Crippen LogP contribution in [-0.2, 0) is 11.2 Å². The van der Waals surface area contributed by atoms with E-state index < -0.39 is 5.54 Å². The number of aryl methyl sites for hydroxylation is 1. The Morgan fingerprint density at radius 2 is 1.93 bits per heavy atom. The molecule has 27 heavy (non-hydrogen) atoms. The summed E-state index contributed by atoms with van der Waals surface area (Å²) in [5.41, 5.74) is 1.95. The molecule has 2 aromatic carbocycles. The fraction of sp³-hybridized carbons (Fsp3) is 0.333. The zero-order chi connectivity index (χ0) is 19.0. The van der Waals surface area contributed by atoms with Gasteiger partial charge in [0.25, 0.3) is 5.91 Å². The lowest BCUT2D eigenvalue weighted by molar-refractivity contribution is 0.0375. The van der Waals surface area contributed by atoms with E-state index >= 15 is 0 Å². The molecule has 0 aliphatic carbocycles. The summed E-state index contributed by atoms with van der Waals surface area (Å²) >= 11 is 6.37. The molecule has 0 N–H and O–H groups in total. The van der Waals surface area contributed by atoms with Crippen LogP contribution in [0.3, 0.4) is 0 Å². The second-order valence-corrected chi connectivity index (χ2v) is 7.63. The normalized spacial score (nSPS) is 21.8. The molecule has 1 atom stereocenters. The minimum absolute atomic E-state index is 0.102. The van der Waals surface area contributed by atoms with Crippen molar-refractivity contribution in [1.82, 2.24) is 9.80 Å². The third kappa shape index (κ3) is 3.16. The summed E-state index contributed by atoms with van der Waals surface area (Å²) in [5.74, 6) is -0.102. The Hall–Kier alpha value is -2.53. The summed E-state index contributed by atoms with van der Waals surface area (Å²) in [6.45, 7) is 3.52. The SMILES string of the molecule is Cc1cccc(C(=O)N2CCN3C(=O)OCC3(Cc3ccccc3)C2)c1Cl. The standard InChI is InChI=1S/C21H21ClN2O3/c1-15-6-5-9-17(18(15)22)19(25)23-10-11-24-20(26)27-14-21(24,13-23)12-16-7-3-2-4-8-16/h2-9H,10-14H2,1H3. The maximum absolute atomic E-state index is 13.1. The minimum atomic E-state index is -0.539. The first kappa shape index (κ1) is 17.9. The first-order valence-corrected chi connectivity index (χ1v) is 9.41. The molecule has 2 heterocycles. The van der Waals surface area contributed by atoms with Gasteiger partial charge in [0.05, 0.1) is 10.6 Å². The van der Waals surface area contributed by atoms with Gasteiger partial charge in [-0.15, -0.1) is 0 Å². The number of carbonyl (C=O) groups excluding carboxylic acids is 2. The summed E-state index contributed by atoms with van der Waals surface area (Å²) < 4.78 is 5.38. The number of hydrogen-bond acceptors (Lipinski definition) is 3. The van der Waals surface area contributed by atoms with Gasteiger partial charge in [0.1, 0.15) is 12.1 Å². The first-order chi connectivity index (χ1) is 13.0. The molecule has 1 unspecified atom stereocenters. The maximum Gasteiger partial charge on any atom is 0.410 e. The molecule has 0 radical (unpaired) electrons. The van der Waals surface area contributed by atoms with E-state index in [-0.39, 0.29) is 18.6 Å². The molecular weight excluding hydrogens is 364 g/mol. The van der Waals surface area contributed by atoms with Gasteiger partial charge < -0.3 is 9.64 Å². The summed E-state index contributed by atoms with van der Waals surface area (Å²) in [7, 11) is 0. The van der Waals surface area contributed by atoms with Crippen LogP contribution >= 0.6 is 11.6 Å². The highest BCUT2D eigenvalue weighted by Crippen LogP contribution is 2.33. The van der Waals surface area contributed by atoms with Crippen LogP contribution in [0.2, 0.25) is 5.02 Å². The highest BCUT2D eigenvalue weighted by molar-refractivity contribution is 6.34. The highest BCUT2D eigenvalue weighted by atomic mass is 35.5. The average molecular weight is 385 g/mol. The Morgan fingerprint density at radius 1 is 1.15 bits per heavy atom. The van der Waals surface area contributed by atoms with Crippen LogP contribution in [0.25, 0.3) is 0 Å². The maximum atomic E-state index is 13.1. The number of benzene rings is 2. The highest BCUT2D eigenvalue weighted by Gasteiger charge is 2.51. The first-order valence-electron chi connectivity index (χ1n) is 9.03. The number of halogens is 1. The Morgan fingerprint density at radius 3 is 2.70 bits per heavy atom. The van der Waals surface area contributed by atoms with Gasteiger partial charge in [-0.1, -0.05) is 54.1 Å². The molecule has 2 saturated heterocycles. The van der Waals surface area contributed by atoms with Crippen molar-refractivity contribution >= 4 is 23.6 Å². The Bertz CT molecular complexity index is 886. The molecule has 2 amide bonds. The Kier molecular flexibility index (Phi) is 4.56. The third-order valence-electron chi connectivity index (χ3n) is 5.42. The van der Waals surface area contributed by atoms with E-state index in [2.05, 4.69) is 0 Å². The predicted molar refractivity (Wildman–Crippen MR) is 103 cm³/mol. The van der Waals surface area contributed by atoms with Crippen molar-refractivity contribution in [3.63, 3.8) is 0 Å². The molecule has 0 aromatic heterocycles. The van der Waals surface area contributed by atoms with Crippen LogP contribution in [0.15, 0.2) is 48.5 Å². The van der Waals surface area contributed by atoms with Gasteiger partial charge in [-0.25, -0.2) is 4.79 Å². The number of ether oxygens (including phenoxy) is 1. The Labute approximate surface area is 163 Å². The number of nitrogens with zero attached hydrogens (tertiary/aromatic N) is 2. The number of fused-ring (bicyclic) bond motifs is 1. The van der Waals surface area contributed by atoms with Gasteiger partial charge in [0.2, 0.25) is 0 Å². The van der Waals surface area contributed by atoms with E-state index in [9.17, 15) is 9.59 Å². The van der Waals surface area contributed by atoms with Crippen molar-refractivity contribution in [2.75, 3.05) is 26.2 Å². The molecule has 140 valence electrons. The molecule has 2 aliphatic heterocycles. The van der Waals surface area contributed by atoms with Crippen molar-refractivity contribution in [1.29, 1.82) is 0 Å². The summed E-state index contributed by atoms with van der Waals surface area (Å²) in [6, 6.07) is 15.5. The monoisotopic (exact) mass is 384 g/mol. The molecule has 0 bridgehead atoms. The summed E-state index contributed by atoms with van der Waals surface area (Å²) in [5, 5.41) is 0.487. The summed E-state index contributed by atoms with van der Waals surface area (Å²) in [4.78, 5) is 28.9. The lowest BCUT2D eigenvalue weighted by atomic mass is 9.88. The quantitative estimate of drug-likeness (QED) is 0.813. The third-order valence-corrected chi connectivity index (χ3v) is 5.92. The fourth-order valence-corrected chi connectivity index (χ4v) is 4.20. The van der Waals surface area contributed by atoms with Crippen molar-refractivity contribution in [2.24, 2.45) is 0 Å². The van der Waals surface area contributed by atoms with E-state index in [4.69, 9.17) is 16.3 Å². The molecular formula is C21H21ClN2O3. The van der Waals surface area contributed by atoms with Gasteiger partial charge in [0, 0.05) is 26.1 Å². The van der Waals surface area contributed by atoms with E-state index in [1.165, 1.54) is 0 Å². The van der Waals surface area contributed by atoms with Gasteiger partial charge in [-0.3, -0.25) is 9.69 Å². The zero-order valence-corrected chi connectivity index (χ0v) is 15.9. The van der Waals surface area contributed by atoms with E-state index in [1.807, 2.05) is 49.4 Å². The fourth-order valence-electron chi connectivity index (χ4n) is 3.99. The molecule has 4 rings (SSSR count). The van der Waals surface area contributed by atoms with Crippen LogP contribution in [0.5, 0.6) is 0 Å². The molecule has 5 nitrogen and oxygen atoms in total. The lowest BCUT2D eigenvalue weighted by Crippen LogP contribution is -2.63.